The fourth-order valence-corrected chi connectivity index (χ4v) is 2.86. The fraction of sp³-hybridized carbons (Fsp3) is 0.611. The van der Waals surface area contributed by atoms with Crippen LogP contribution < -0.4 is 10.6 Å². The third-order valence-electron chi connectivity index (χ3n) is 4.08. The summed E-state index contributed by atoms with van der Waals surface area (Å²) in [4.78, 5) is 14.3. The summed E-state index contributed by atoms with van der Waals surface area (Å²) in [5, 5.41) is 6.40. The molecule has 2 N–H and O–H groups in total. The Hall–Kier alpha value is -1.39. The van der Waals surface area contributed by atoms with Crippen molar-refractivity contribution >= 4 is 5.91 Å². The maximum absolute atomic E-state index is 12.1. The molecule has 1 unspecified atom stereocenters. The first kappa shape index (κ1) is 17.0. The molecule has 1 aromatic rings. The van der Waals surface area contributed by atoms with Gasteiger partial charge in [-0.05, 0) is 30.4 Å². The Balaban J connectivity index is 1.82. The van der Waals surface area contributed by atoms with E-state index in [1.54, 1.807) is 0 Å². The predicted octanol–water partition coefficient (Wildman–Crippen LogP) is 1.97. The monoisotopic (exact) mass is 303 g/mol. The van der Waals surface area contributed by atoms with Crippen LogP contribution in [-0.2, 0) is 11.2 Å². The number of nitrogens with zero attached hydrogens (tertiary/aromatic N) is 1. The molecule has 4 nitrogen and oxygen atoms in total. The van der Waals surface area contributed by atoms with Crippen LogP contribution >= 0.6 is 0 Å². The Morgan fingerprint density at radius 1 is 1.18 bits per heavy atom. The van der Waals surface area contributed by atoms with Gasteiger partial charge in [-0.3, -0.25) is 9.69 Å². The summed E-state index contributed by atoms with van der Waals surface area (Å²) in [5.41, 5.74) is 2.53. The minimum absolute atomic E-state index is 0.0588. The van der Waals surface area contributed by atoms with Gasteiger partial charge in [-0.2, -0.15) is 0 Å². The molecule has 0 spiro atoms. The lowest BCUT2D eigenvalue weighted by Crippen LogP contribution is -2.47. The molecule has 122 valence electrons. The van der Waals surface area contributed by atoms with E-state index in [4.69, 9.17) is 0 Å². The van der Waals surface area contributed by atoms with Crippen molar-refractivity contribution in [1.29, 1.82) is 0 Å². The van der Waals surface area contributed by atoms with E-state index in [0.717, 1.165) is 32.6 Å². The van der Waals surface area contributed by atoms with E-state index >= 15 is 0 Å². The van der Waals surface area contributed by atoms with Crippen LogP contribution in [0.15, 0.2) is 24.3 Å². The summed E-state index contributed by atoms with van der Waals surface area (Å²) in [6.45, 7) is 10.8. The third-order valence-corrected chi connectivity index (χ3v) is 4.08. The van der Waals surface area contributed by atoms with Crippen LogP contribution in [-0.4, -0.2) is 43.5 Å². The number of rotatable bonds is 6. The van der Waals surface area contributed by atoms with Crippen molar-refractivity contribution in [2.24, 2.45) is 5.92 Å². The highest BCUT2D eigenvalue weighted by molar-refractivity contribution is 5.78. The fourth-order valence-electron chi connectivity index (χ4n) is 2.86. The number of hydrogen-bond acceptors (Lipinski definition) is 3. The van der Waals surface area contributed by atoms with E-state index in [1.165, 1.54) is 11.1 Å². The zero-order chi connectivity index (χ0) is 15.9. The summed E-state index contributed by atoms with van der Waals surface area (Å²) in [6, 6.07) is 8.67. The molecule has 1 fully saturated rings. The van der Waals surface area contributed by atoms with E-state index in [1.807, 2.05) is 6.92 Å². The molecular formula is C18H29N3O. The van der Waals surface area contributed by atoms with Crippen molar-refractivity contribution in [2.45, 2.75) is 33.2 Å². The second-order valence-electron chi connectivity index (χ2n) is 6.65. The average Bonchev–Trinajstić information content (AvgIpc) is 2.48. The van der Waals surface area contributed by atoms with Crippen molar-refractivity contribution in [3.8, 4) is 0 Å². The van der Waals surface area contributed by atoms with E-state index in [9.17, 15) is 4.79 Å². The van der Waals surface area contributed by atoms with Crippen LogP contribution in [0.5, 0.6) is 0 Å². The Bertz CT molecular complexity index is 464. The first-order chi connectivity index (χ1) is 10.5. The molecule has 1 atom stereocenters. The Labute approximate surface area is 134 Å². The molecule has 1 aromatic carbocycles. The van der Waals surface area contributed by atoms with Gasteiger partial charge in [0.05, 0.1) is 12.6 Å². The maximum atomic E-state index is 12.1. The molecule has 1 amide bonds. The van der Waals surface area contributed by atoms with Gasteiger partial charge in [-0.15, -0.1) is 0 Å². The van der Waals surface area contributed by atoms with Crippen molar-refractivity contribution in [2.75, 3.05) is 32.7 Å². The number of carbonyl (C=O) groups excluding carboxylic acids is 1. The molecule has 1 aliphatic rings. The summed E-state index contributed by atoms with van der Waals surface area (Å²) in [6.07, 6.45) is 1.10. The molecule has 0 aliphatic carbocycles. The Morgan fingerprint density at radius 2 is 1.82 bits per heavy atom. The highest BCUT2D eigenvalue weighted by Crippen LogP contribution is 2.15. The van der Waals surface area contributed by atoms with E-state index in [-0.39, 0.29) is 11.9 Å². The molecule has 4 heteroatoms. The number of nitrogens with one attached hydrogen (secondary N) is 2. The molecule has 22 heavy (non-hydrogen) atoms. The quantitative estimate of drug-likeness (QED) is 0.844. The first-order valence-electron chi connectivity index (χ1n) is 8.36. The van der Waals surface area contributed by atoms with Crippen LogP contribution in [0.1, 0.15) is 37.9 Å². The lowest BCUT2D eigenvalue weighted by molar-refractivity contribution is -0.123. The topological polar surface area (TPSA) is 44.4 Å². The zero-order valence-electron chi connectivity index (χ0n) is 14.1. The first-order valence-corrected chi connectivity index (χ1v) is 8.36. The lowest BCUT2D eigenvalue weighted by atomic mass is 10.00. The van der Waals surface area contributed by atoms with Crippen LogP contribution in [0, 0.1) is 5.92 Å². The van der Waals surface area contributed by atoms with E-state index < -0.39 is 0 Å². The summed E-state index contributed by atoms with van der Waals surface area (Å²) < 4.78 is 0. The van der Waals surface area contributed by atoms with Crippen LogP contribution in [0.4, 0.5) is 0 Å². The smallest absolute Gasteiger partial charge is 0.234 e. The van der Waals surface area contributed by atoms with Gasteiger partial charge in [0.1, 0.15) is 0 Å². The van der Waals surface area contributed by atoms with Gasteiger partial charge in [0.15, 0.2) is 0 Å². The van der Waals surface area contributed by atoms with Crippen LogP contribution in [0.2, 0.25) is 0 Å². The normalized spacial score (nSPS) is 17.5. The molecule has 1 heterocycles. The molecular weight excluding hydrogens is 274 g/mol. The molecule has 1 saturated heterocycles. The van der Waals surface area contributed by atoms with Gasteiger partial charge in [-0.25, -0.2) is 0 Å². The number of carbonyl (C=O) groups is 1. The minimum atomic E-state index is 0.0588. The second kappa shape index (κ2) is 8.30. The van der Waals surface area contributed by atoms with Crippen molar-refractivity contribution in [3.63, 3.8) is 0 Å². The highest BCUT2D eigenvalue weighted by atomic mass is 16.2. The minimum Gasteiger partial charge on any atom is -0.348 e. The lowest BCUT2D eigenvalue weighted by Gasteiger charge is -2.27. The van der Waals surface area contributed by atoms with Gasteiger partial charge < -0.3 is 10.6 Å². The number of amides is 1. The van der Waals surface area contributed by atoms with Gasteiger partial charge in [0.25, 0.3) is 0 Å². The Morgan fingerprint density at radius 3 is 2.41 bits per heavy atom. The molecule has 0 radical (unpaired) electrons. The number of piperazine rings is 1. The highest BCUT2D eigenvalue weighted by Gasteiger charge is 2.15. The molecule has 0 bridgehead atoms. The second-order valence-corrected chi connectivity index (χ2v) is 6.65. The molecule has 2 rings (SSSR count). The predicted molar refractivity (Wildman–Crippen MR) is 90.9 cm³/mol. The number of hydrogen-bond donors (Lipinski definition) is 2. The Kier molecular flexibility index (Phi) is 6.40. The molecule has 0 aromatic heterocycles. The zero-order valence-corrected chi connectivity index (χ0v) is 14.1. The van der Waals surface area contributed by atoms with Gasteiger partial charge in [-0.1, -0.05) is 38.1 Å². The maximum Gasteiger partial charge on any atom is 0.234 e. The number of benzene rings is 1. The van der Waals surface area contributed by atoms with Gasteiger partial charge >= 0.3 is 0 Å². The van der Waals surface area contributed by atoms with Crippen LogP contribution in [0.25, 0.3) is 0 Å². The van der Waals surface area contributed by atoms with Gasteiger partial charge in [0, 0.05) is 26.2 Å². The van der Waals surface area contributed by atoms with Crippen molar-refractivity contribution in [1.82, 2.24) is 15.5 Å². The average molecular weight is 303 g/mol. The van der Waals surface area contributed by atoms with Gasteiger partial charge in [0.2, 0.25) is 5.91 Å². The standard InChI is InChI=1S/C18H29N3O/c1-14(2)12-16-4-6-17(7-5-16)15(3)20-18(22)13-21-10-8-19-9-11-21/h4-7,14-15,19H,8-13H2,1-3H3,(H,20,22). The third kappa shape index (κ3) is 5.43. The van der Waals surface area contributed by atoms with E-state index in [2.05, 4.69) is 53.6 Å². The summed E-state index contributed by atoms with van der Waals surface area (Å²) in [7, 11) is 0. The molecule has 0 saturated carbocycles. The SMILES string of the molecule is CC(C)Cc1ccc(C(C)NC(=O)CN2CCNCC2)cc1. The van der Waals surface area contributed by atoms with Crippen molar-refractivity contribution in [3.05, 3.63) is 35.4 Å². The van der Waals surface area contributed by atoms with Crippen LogP contribution in [0.3, 0.4) is 0 Å². The summed E-state index contributed by atoms with van der Waals surface area (Å²) in [5.74, 6) is 0.780. The largest absolute Gasteiger partial charge is 0.348 e. The van der Waals surface area contributed by atoms with Crippen molar-refractivity contribution < 1.29 is 4.79 Å². The van der Waals surface area contributed by atoms with E-state index in [0.29, 0.717) is 12.5 Å². The molecule has 1 aliphatic heterocycles. The summed E-state index contributed by atoms with van der Waals surface area (Å²) >= 11 is 0.